The standard InChI is InChI=1S/C17H11ClN4O/c18-14-7-12(20)6-13-15(11(8-19)9-21-16(13)14)22-17(23)10-4-2-1-3-5-10/h1-7,9H,20H2,(H,21,22,23). The Morgan fingerprint density at radius 3 is 2.70 bits per heavy atom. The lowest BCUT2D eigenvalue weighted by Gasteiger charge is -2.11. The van der Waals surface area contributed by atoms with Crippen molar-refractivity contribution in [3.05, 3.63) is 64.8 Å². The summed E-state index contributed by atoms with van der Waals surface area (Å²) in [5.74, 6) is -0.326. The molecular formula is C17H11ClN4O. The lowest BCUT2D eigenvalue weighted by molar-refractivity contribution is 0.102. The fourth-order valence-corrected chi connectivity index (χ4v) is 2.55. The number of halogens is 1. The number of nitrogens with one attached hydrogen (secondary N) is 1. The average Bonchev–Trinajstić information content (AvgIpc) is 2.56. The Kier molecular flexibility index (Phi) is 3.83. The predicted molar refractivity (Wildman–Crippen MR) is 90.3 cm³/mol. The number of carbonyl (C=O) groups excluding carboxylic acids is 1. The number of amides is 1. The van der Waals surface area contributed by atoms with Crippen molar-refractivity contribution in [1.29, 1.82) is 5.26 Å². The zero-order valence-electron chi connectivity index (χ0n) is 11.9. The normalized spacial score (nSPS) is 10.3. The maximum atomic E-state index is 12.4. The maximum Gasteiger partial charge on any atom is 0.255 e. The molecule has 0 spiro atoms. The summed E-state index contributed by atoms with van der Waals surface area (Å²) >= 11 is 6.15. The molecule has 3 N–H and O–H groups in total. The van der Waals surface area contributed by atoms with Crippen molar-refractivity contribution < 1.29 is 4.79 Å². The molecule has 0 atom stereocenters. The number of nitrogen functional groups attached to an aromatic ring is 1. The minimum Gasteiger partial charge on any atom is -0.399 e. The van der Waals surface area contributed by atoms with Gasteiger partial charge in [-0.2, -0.15) is 5.26 Å². The van der Waals surface area contributed by atoms with E-state index < -0.39 is 0 Å². The van der Waals surface area contributed by atoms with Crippen LogP contribution in [-0.4, -0.2) is 10.9 Å². The smallest absolute Gasteiger partial charge is 0.255 e. The van der Waals surface area contributed by atoms with E-state index in [0.717, 1.165) is 0 Å². The van der Waals surface area contributed by atoms with Crippen LogP contribution < -0.4 is 11.1 Å². The van der Waals surface area contributed by atoms with Gasteiger partial charge in [-0.1, -0.05) is 29.8 Å². The van der Waals surface area contributed by atoms with Crippen molar-refractivity contribution in [3.8, 4) is 6.07 Å². The van der Waals surface area contributed by atoms with Crippen LogP contribution >= 0.6 is 11.6 Å². The molecule has 0 saturated carbocycles. The molecule has 1 amide bonds. The summed E-state index contributed by atoms with van der Waals surface area (Å²) in [6.07, 6.45) is 1.38. The highest BCUT2D eigenvalue weighted by atomic mass is 35.5. The third-order valence-electron chi connectivity index (χ3n) is 3.34. The lowest BCUT2D eigenvalue weighted by atomic mass is 10.1. The molecule has 112 valence electrons. The van der Waals surface area contributed by atoms with Crippen LogP contribution in [0.1, 0.15) is 15.9 Å². The van der Waals surface area contributed by atoms with Crippen molar-refractivity contribution in [2.75, 3.05) is 11.1 Å². The van der Waals surface area contributed by atoms with Gasteiger partial charge in [-0.3, -0.25) is 9.78 Å². The zero-order valence-corrected chi connectivity index (χ0v) is 12.6. The van der Waals surface area contributed by atoms with Crippen molar-refractivity contribution in [2.24, 2.45) is 0 Å². The van der Waals surface area contributed by atoms with Gasteiger partial charge in [0, 0.05) is 22.8 Å². The van der Waals surface area contributed by atoms with Crippen LogP contribution in [0.2, 0.25) is 5.02 Å². The Hall–Kier alpha value is -3.10. The molecule has 5 nitrogen and oxygen atoms in total. The topological polar surface area (TPSA) is 91.8 Å². The fraction of sp³-hybridized carbons (Fsp3) is 0. The van der Waals surface area contributed by atoms with Crippen LogP contribution in [0.15, 0.2) is 48.7 Å². The summed E-state index contributed by atoms with van der Waals surface area (Å²) in [6.45, 7) is 0. The number of pyridine rings is 1. The van der Waals surface area contributed by atoms with E-state index in [1.165, 1.54) is 6.20 Å². The Morgan fingerprint density at radius 2 is 2.00 bits per heavy atom. The molecule has 1 heterocycles. The van der Waals surface area contributed by atoms with Gasteiger partial charge >= 0.3 is 0 Å². The monoisotopic (exact) mass is 322 g/mol. The third-order valence-corrected chi connectivity index (χ3v) is 3.63. The van der Waals surface area contributed by atoms with Crippen LogP contribution in [0.4, 0.5) is 11.4 Å². The average molecular weight is 323 g/mol. The van der Waals surface area contributed by atoms with Gasteiger partial charge in [0.25, 0.3) is 5.91 Å². The number of nitrogens with zero attached hydrogens (tertiary/aromatic N) is 2. The molecule has 0 aliphatic heterocycles. The number of nitriles is 1. The molecule has 6 heteroatoms. The molecular weight excluding hydrogens is 312 g/mol. The van der Waals surface area contributed by atoms with Gasteiger partial charge in [-0.05, 0) is 24.3 Å². The second kappa shape index (κ2) is 5.95. The van der Waals surface area contributed by atoms with Crippen LogP contribution in [0.5, 0.6) is 0 Å². The number of rotatable bonds is 2. The van der Waals surface area contributed by atoms with Gasteiger partial charge in [0.1, 0.15) is 6.07 Å². The van der Waals surface area contributed by atoms with E-state index in [0.29, 0.717) is 32.9 Å². The first-order chi connectivity index (χ1) is 11.1. The summed E-state index contributed by atoms with van der Waals surface area (Å²) in [6, 6.07) is 14.0. The van der Waals surface area contributed by atoms with Gasteiger partial charge in [0.15, 0.2) is 0 Å². The number of hydrogen-bond donors (Lipinski definition) is 2. The molecule has 3 aromatic rings. The quantitative estimate of drug-likeness (QED) is 0.705. The molecule has 3 rings (SSSR count). The number of nitrogens with two attached hydrogens (primary N) is 1. The molecule has 0 aliphatic carbocycles. The SMILES string of the molecule is N#Cc1cnc2c(Cl)cc(N)cc2c1NC(=O)c1ccccc1. The molecule has 0 unspecified atom stereocenters. The van der Waals surface area contributed by atoms with Crippen molar-refractivity contribution in [1.82, 2.24) is 4.98 Å². The lowest BCUT2D eigenvalue weighted by Crippen LogP contribution is -2.13. The van der Waals surface area contributed by atoms with E-state index >= 15 is 0 Å². The molecule has 0 fully saturated rings. The second-order valence-electron chi connectivity index (χ2n) is 4.88. The van der Waals surface area contributed by atoms with E-state index in [4.69, 9.17) is 17.3 Å². The predicted octanol–water partition coefficient (Wildman–Crippen LogP) is 3.59. The van der Waals surface area contributed by atoms with E-state index in [1.54, 1.807) is 36.4 Å². The highest BCUT2D eigenvalue weighted by Crippen LogP contribution is 2.32. The van der Waals surface area contributed by atoms with Crippen LogP contribution in [0.3, 0.4) is 0 Å². The Morgan fingerprint density at radius 1 is 1.26 bits per heavy atom. The summed E-state index contributed by atoms with van der Waals surface area (Å²) in [5.41, 5.74) is 7.79. The first-order valence-corrected chi connectivity index (χ1v) is 7.12. The first kappa shape index (κ1) is 14.8. The molecule has 0 saturated heterocycles. The van der Waals surface area contributed by atoms with E-state index in [2.05, 4.69) is 10.3 Å². The molecule has 0 radical (unpaired) electrons. The minimum absolute atomic E-state index is 0.239. The zero-order chi connectivity index (χ0) is 16.4. The summed E-state index contributed by atoms with van der Waals surface area (Å²) in [4.78, 5) is 16.6. The summed E-state index contributed by atoms with van der Waals surface area (Å²) < 4.78 is 0. The minimum atomic E-state index is -0.326. The highest BCUT2D eigenvalue weighted by Gasteiger charge is 2.15. The van der Waals surface area contributed by atoms with E-state index in [-0.39, 0.29) is 11.5 Å². The maximum absolute atomic E-state index is 12.4. The number of hydrogen-bond acceptors (Lipinski definition) is 4. The van der Waals surface area contributed by atoms with Crippen LogP contribution in [0, 0.1) is 11.3 Å². The second-order valence-corrected chi connectivity index (χ2v) is 5.28. The van der Waals surface area contributed by atoms with Crippen molar-refractivity contribution in [3.63, 3.8) is 0 Å². The van der Waals surface area contributed by atoms with Crippen LogP contribution in [0.25, 0.3) is 10.9 Å². The number of carbonyl (C=O) groups is 1. The van der Waals surface area contributed by atoms with E-state index in [1.807, 2.05) is 12.1 Å². The molecule has 0 bridgehead atoms. The largest absolute Gasteiger partial charge is 0.399 e. The molecule has 1 aromatic heterocycles. The van der Waals surface area contributed by atoms with Gasteiger partial charge < -0.3 is 11.1 Å². The van der Waals surface area contributed by atoms with E-state index in [9.17, 15) is 10.1 Å². The summed E-state index contributed by atoms with van der Waals surface area (Å²) in [5, 5.41) is 12.9. The number of anilines is 2. The van der Waals surface area contributed by atoms with Gasteiger partial charge in [0.05, 0.1) is 21.8 Å². The first-order valence-electron chi connectivity index (χ1n) is 6.74. The molecule has 23 heavy (non-hydrogen) atoms. The third kappa shape index (κ3) is 2.80. The fourth-order valence-electron chi connectivity index (χ4n) is 2.28. The molecule has 0 aliphatic rings. The van der Waals surface area contributed by atoms with Gasteiger partial charge in [-0.15, -0.1) is 0 Å². The van der Waals surface area contributed by atoms with Gasteiger partial charge in [0.2, 0.25) is 0 Å². The Bertz CT molecular complexity index is 948. The highest BCUT2D eigenvalue weighted by molar-refractivity contribution is 6.36. The van der Waals surface area contributed by atoms with Crippen molar-refractivity contribution >= 4 is 39.8 Å². The van der Waals surface area contributed by atoms with Crippen molar-refractivity contribution in [2.45, 2.75) is 0 Å². The summed E-state index contributed by atoms with van der Waals surface area (Å²) in [7, 11) is 0. The van der Waals surface area contributed by atoms with Crippen LogP contribution in [-0.2, 0) is 0 Å². The Labute approximate surface area is 137 Å². The number of fused-ring (bicyclic) bond motifs is 1. The molecule has 2 aromatic carbocycles. The number of benzene rings is 2. The Balaban J connectivity index is 2.16. The number of aromatic nitrogens is 1. The van der Waals surface area contributed by atoms with Gasteiger partial charge in [-0.25, -0.2) is 0 Å².